The number of methoxy groups -OCH3 is 2. The molecule has 0 radical (unpaired) electrons. The van der Waals surface area contributed by atoms with Gasteiger partial charge < -0.3 is 14.2 Å². The van der Waals surface area contributed by atoms with E-state index in [0.717, 1.165) is 0 Å². The van der Waals surface area contributed by atoms with Gasteiger partial charge in [0.1, 0.15) is 5.57 Å². The predicted molar refractivity (Wildman–Crippen MR) is 91.7 cm³/mol. The van der Waals surface area contributed by atoms with E-state index in [9.17, 15) is 14.4 Å². The topological polar surface area (TPSA) is 82.1 Å². The van der Waals surface area contributed by atoms with Crippen molar-refractivity contribution < 1.29 is 28.6 Å². The summed E-state index contributed by atoms with van der Waals surface area (Å²) in [5.41, 5.74) is 0.291. The molecule has 1 amide bonds. The SMILES string of the molecule is CC.CCOC1=C(C(=O)OC)C(C(=O)OC)N(c2ccccc2)C1=O. The molecule has 2 rings (SSSR count). The average molecular weight is 349 g/mol. The van der Waals surface area contributed by atoms with Crippen LogP contribution < -0.4 is 4.90 Å². The number of carbonyl (C=O) groups excluding carboxylic acids is 3. The highest BCUT2D eigenvalue weighted by Gasteiger charge is 2.49. The zero-order chi connectivity index (χ0) is 19.0. The maximum Gasteiger partial charge on any atom is 0.340 e. The first-order valence-corrected chi connectivity index (χ1v) is 7.98. The molecule has 136 valence electrons. The molecule has 0 aromatic heterocycles. The van der Waals surface area contributed by atoms with Gasteiger partial charge in [0.2, 0.25) is 0 Å². The van der Waals surface area contributed by atoms with Gasteiger partial charge in [0, 0.05) is 5.69 Å². The van der Waals surface area contributed by atoms with Crippen LogP contribution in [0.15, 0.2) is 41.7 Å². The molecule has 1 atom stereocenters. The molecule has 0 spiro atoms. The molecule has 0 bridgehead atoms. The minimum absolute atomic E-state index is 0.157. The van der Waals surface area contributed by atoms with Gasteiger partial charge in [-0.2, -0.15) is 0 Å². The molecule has 0 N–H and O–H groups in total. The number of esters is 2. The van der Waals surface area contributed by atoms with Gasteiger partial charge in [-0.3, -0.25) is 9.69 Å². The predicted octanol–water partition coefficient (Wildman–Crippen LogP) is 2.06. The Balaban J connectivity index is 0.00000151. The van der Waals surface area contributed by atoms with Crippen LogP contribution >= 0.6 is 0 Å². The first kappa shape index (κ1) is 20.2. The highest BCUT2D eigenvalue weighted by molar-refractivity contribution is 6.20. The van der Waals surface area contributed by atoms with Crippen LogP contribution in [0.3, 0.4) is 0 Å². The van der Waals surface area contributed by atoms with E-state index in [0.29, 0.717) is 5.69 Å². The second-order valence-electron chi connectivity index (χ2n) is 4.60. The van der Waals surface area contributed by atoms with Gasteiger partial charge in [-0.1, -0.05) is 32.0 Å². The normalized spacial score (nSPS) is 16.1. The maximum absolute atomic E-state index is 12.7. The number of para-hydroxylation sites is 1. The number of nitrogens with zero attached hydrogens (tertiary/aromatic N) is 1. The van der Waals surface area contributed by atoms with Crippen molar-refractivity contribution in [2.45, 2.75) is 26.8 Å². The van der Waals surface area contributed by atoms with Crippen molar-refractivity contribution in [1.29, 1.82) is 0 Å². The Bertz CT molecular complexity index is 653. The number of carbonyl (C=O) groups is 3. The quantitative estimate of drug-likeness (QED) is 0.757. The lowest BCUT2D eigenvalue weighted by molar-refractivity contribution is -0.144. The van der Waals surface area contributed by atoms with Gasteiger partial charge >= 0.3 is 11.9 Å². The van der Waals surface area contributed by atoms with Gasteiger partial charge in [0.25, 0.3) is 5.91 Å². The number of amides is 1. The van der Waals surface area contributed by atoms with E-state index in [2.05, 4.69) is 0 Å². The Morgan fingerprint density at radius 3 is 2.16 bits per heavy atom. The highest BCUT2D eigenvalue weighted by Crippen LogP contribution is 2.33. The summed E-state index contributed by atoms with van der Waals surface area (Å²) in [5.74, 6) is -2.35. The molecule has 1 aromatic rings. The van der Waals surface area contributed by atoms with Crippen LogP contribution in [-0.4, -0.2) is 44.7 Å². The van der Waals surface area contributed by atoms with Gasteiger partial charge in [-0.15, -0.1) is 0 Å². The number of benzene rings is 1. The molecular formula is C18H23NO6. The first-order chi connectivity index (χ1) is 12.1. The van der Waals surface area contributed by atoms with E-state index < -0.39 is 23.9 Å². The van der Waals surface area contributed by atoms with Crippen molar-refractivity contribution in [3.8, 4) is 0 Å². The summed E-state index contributed by atoms with van der Waals surface area (Å²) < 4.78 is 14.8. The molecule has 1 heterocycles. The molecular weight excluding hydrogens is 326 g/mol. The standard InChI is InChI=1S/C16H17NO6.C2H6/c1-4-23-13-11(15(19)21-2)12(16(20)22-3)17(14(13)18)10-8-6-5-7-9-10;1-2/h5-9,12H,4H2,1-3H3;1-2H3. The average Bonchev–Trinajstić information content (AvgIpc) is 2.95. The Morgan fingerprint density at radius 2 is 1.68 bits per heavy atom. The lowest BCUT2D eigenvalue weighted by Gasteiger charge is -2.23. The molecule has 1 aromatic carbocycles. The molecule has 1 aliphatic rings. The molecule has 0 saturated carbocycles. The fraction of sp³-hybridized carbons (Fsp3) is 0.389. The van der Waals surface area contributed by atoms with Crippen LogP contribution in [-0.2, 0) is 28.6 Å². The smallest absolute Gasteiger partial charge is 0.340 e. The van der Waals surface area contributed by atoms with Crippen molar-refractivity contribution >= 4 is 23.5 Å². The monoisotopic (exact) mass is 349 g/mol. The lowest BCUT2D eigenvalue weighted by Crippen LogP contribution is -2.43. The lowest BCUT2D eigenvalue weighted by atomic mass is 10.1. The molecule has 0 aliphatic carbocycles. The largest absolute Gasteiger partial charge is 0.488 e. The molecule has 7 heteroatoms. The van der Waals surface area contributed by atoms with E-state index in [-0.39, 0.29) is 17.9 Å². The molecule has 1 aliphatic heterocycles. The summed E-state index contributed by atoms with van der Waals surface area (Å²) in [5, 5.41) is 0. The summed E-state index contributed by atoms with van der Waals surface area (Å²) >= 11 is 0. The molecule has 0 saturated heterocycles. The number of rotatable bonds is 5. The van der Waals surface area contributed by atoms with Gasteiger partial charge in [0.15, 0.2) is 11.8 Å². The number of anilines is 1. The Labute approximate surface area is 147 Å². The van der Waals surface area contributed by atoms with E-state index >= 15 is 0 Å². The third kappa shape index (κ3) is 3.99. The Morgan fingerprint density at radius 1 is 1.08 bits per heavy atom. The van der Waals surface area contributed by atoms with Crippen LogP contribution in [0.2, 0.25) is 0 Å². The maximum atomic E-state index is 12.7. The Hall–Kier alpha value is -2.83. The Kier molecular flexibility index (Phi) is 7.65. The fourth-order valence-corrected chi connectivity index (χ4v) is 2.38. The highest BCUT2D eigenvalue weighted by atomic mass is 16.5. The van der Waals surface area contributed by atoms with E-state index in [1.165, 1.54) is 19.1 Å². The van der Waals surface area contributed by atoms with Crippen LogP contribution in [0.1, 0.15) is 20.8 Å². The van der Waals surface area contributed by atoms with Crippen LogP contribution in [0.5, 0.6) is 0 Å². The van der Waals surface area contributed by atoms with Gasteiger partial charge in [-0.25, -0.2) is 9.59 Å². The second kappa shape index (κ2) is 9.46. The number of hydrogen-bond acceptors (Lipinski definition) is 6. The fourth-order valence-electron chi connectivity index (χ4n) is 2.38. The number of hydrogen-bond donors (Lipinski definition) is 0. The summed E-state index contributed by atoms with van der Waals surface area (Å²) in [4.78, 5) is 38.2. The van der Waals surface area contributed by atoms with Crippen molar-refractivity contribution in [2.24, 2.45) is 0 Å². The summed E-state index contributed by atoms with van der Waals surface area (Å²) in [6, 6.07) is 7.26. The van der Waals surface area contributed by atoms with Crippen molar-refractivity contribution in [3.05, 3.63) is 41.7 Å². The van der Waals surface area contributed by atoms with E-state index in [1.807, 2.05) is 13.8 Å². The third-order valence-corrected chi connectivity index (χ3v) is 3.34. The van der Waals surface area contributed by atoms with Crippen LogP contribution in [0, 0.1) is 0 Å². The van der Waals surface area contributed by atoms with Crippen LogP contribution in [0.4, 0.5) is 5.69 Å². The molecule has 7 nitrogen and oxygen atoms in total. The van der Waals surface area contributed by atoms with E-state index in [4.69, 9.17) is 14.2 Å². The summed E-state index contributed by atoms with van der Waals surface area (Å²) in [7, 11) is 2.35. The zero-order valence-corrected chi connectivity index (χ0v) is 15.1. The molecule has 25 heavy (non-hydrogen) atoms. The minimum atomic E-state index is -1.25. The van der Waals surface area contributed by atoms with Crippen molar-refractivity contribution in [3.63, 3.8) is 0 Å². The first-order valence-electron chi connectivity index (χ1n) is 7.98. The molecule has 1 unspecified atom stereocenters. The minimum Gasteiger partial charge on any atom is -0.488 e. The third-order valence-electron chi connectivity index (χ3n) is 3.34. The summed E-state index contributed by atoms with van der Waals surface area (Å²) in [6.45, 7) is 5.84. The van der Waals surface area contributed by atoms with Crippen molar-refractivity contribution in [2.75, 3.05) is 25.7 Å². The second-order valence-corrected chi connectivity index (χ2v) is 4.60. The van der Waals surface area contributed by atoms with Gasteiger partial charge in [0.05, 0.1) is 20.8 Å². The van der Waals surface area contributed by atoms with Crippen LogP contribution in [0.25, 0.3) is 0 Å². The summed E-state index contributed by atoms with van der Waals surface area (Å²) in [6.07, 6.45) is 0. The van der Waals surface area contributed by atoms with E-state index in [1.54, 1.807) is 37.3 Å². The van der Waals surface area contributed by atoms with Gasteiger partial charge in [-0.05, 0) is 19.1 Å². The number of ether oxygens (including phenoxy) is 3. The molecule has 0 fully saturated rings. The van der Waals surface area contributed by atoms with Crippen molar-refractivity contribution in [1.82, 2.24) is 0 Å². The zero-order valence-electron chi connectivity index (χ0n) is 15.1.